The zero-order valence-corrected chi connectivity index (χ0v) is 18.6. The van der Waals surface area contributed by atoms with Crippen LogP contribution in [0, 0.1) is 24.4 Å². The number of hydrogen-bond acceptors (Lipinski definition) is 3. The summed E-state index contributed by atoms with van der Waals surface area (Å²) < 4.78 is 47.3. The average molecular weight is 424 g/mol. The van der Waals surface area contributed by atoms with E-state index in [-0.39, 0.29) is 17.5 Å². The molecule has 0 amide bonds. The number of nitrogens with zero attached hydrogens (tertiary/aromatic N) is 1. The van der Waals surface area contributed by atoms with Crippen molar-refractivity contribution in [2.75, 3.05) is 13.2 Å². The van der Waals surface area contributed by atoms with Gasteiger partial charge in [0, 0.05) is 18.6 Å². The Balaban J connectivity index is 2.22. The van der Waals surface area contributed by atoms with Crippen molar-refractivity contribution in [2.24, 2.45) is 0 Å². The van der Waals surface area contributed by atoms with E-state index in [0.29, 0.717) is 30.0 Å². The van der Waals surface area contributed by atoms with Crippen molar-refractivity contribution >= 4 is 0 Å². The minimum absolute atomic E-state index is 0.0135. The van der Waals surface area contributed by atoms with Gasteiger partial charge in [-0.25, -0.2) is 13.2 Å². The minimum Gasteiger partial charge on any atom is -0.492 e. The third kappa shape index (κ3) is 4.98. The number of halogens is 3. The minimum atomic E-state index is -1.65. The lowest BCUT2D eigenvalue weighted by molar-refractivity contribution is 0.0747. The number of hydrogen-bond donors (Lipinski definition) is 1. The van der Waals surface area contributed by atoms with Crippen LogP contribution in [-0.2, 0) is 5.60 Å². The van der Waals surface area contributed by atoms with Crippen LogP contribution in [-0.4, -0.2) is 35.2 Å². The first-order valence-electron chi connectivity index (χ1n) is 10.4. The predicted molar refractivity (Wildman–Crippen MR) is 113 cm³/mol. The highest BCUT2D eigenvalue weighted by molar-refractivity contribution is 5.43. The first kappa shape index (κ1) is 24.2. The zero-order chi connectivity index (χ0) is 22.6. The lowest BCUT2D eigenvalue weighted by Gasteiger charge is -2.31. The number of aliphatic hydroxyl groups is 1. The fraction of sp³-hybridized carbons (Fsp3) is 0.500. The van der Waals surface area contributed by atoms with Gasteiger partial charge in [-0.15, -0.1) is 0 Å². The van der Waals surface area contributed by atoms with Crippen LogP contribution < -0.4 is 4.74 Å². The molecule has 0 saturated carbocycles. The van der Waals surface area contributed by atoms with E-state index >= 15 is 0 Å². The standard InChI is InChI=1S/C24H32F3NO2/c1-7-24(29,20-14-21(25)23(27)22(26)17(20)6)18-8-10-19(11-9-18)30-13-12-28(15(2)3)16(4)5/h8-11,14-16,29H,7,12-13H2,1-6H3. The SMILES string of the molecule is CCC(O)(c1ccc(OCCN(C(C)C)C(C)C)cc1)c1cc(F)c(F)c(F)c1C. The van der Waals surface area contributed by atoms with E-state index in [1.165, 1.54) is 6.92 Å². The second kappa shape index (κ2) is 9.84. The molecule has 0 aliphatic carbocycles. The summed E-state index contributed by atoms with van der Waals surface area (Å²) in [6.07, 6.45) is 0.163. The molecule has 0 fully saturated rings. The van der Waals surface area contributed by atoms with E-state index in [2.05, 4.69) is 32.6 Å². The molecule has 30 heavy (non-hydrogen) atoms. The Bertz CT molecular complexity index is 845. The van der Waals surface area contributed by atoms with Crippen LogP contribution in [0.5, 0.6) is 5.75 Å². The van der Waals surface area contributed by atoms with Crippen LogP contribution in [0.2, 0.25) is 0 Å². The van der Waals surface area contributed by atoms with Gasteiger partial charge in [-0.2, -0.15) is 0 Å². The van der Waals surface area contributed by atoms with E-state index in [1.54, 1.807) is 31.2 Å². The highest BCUT2D eigenvalue weighted by Gasteiger charge is 2.34. The van der Waals surface area contributed by atoms with Crippen molar-refractivity contribution in [3.05, 3.63) is 64.5 Å². The van der Waals surface area contributed by atoms with Gasteiger partial charge in [0.05, 0.1) is 0 Å². The molecule has 6 heteroatoms. The Hall–Kier alpha value is -2.05. The predicted octanol–water partition coefficient (Wildman–Crippen LogP) is 5.56. The monoisotopic (exact) mass is 423 g/mol. The number of ether oxygens (including phenoxy) is 1. The molecule has 2 aromatic carbocycles. The largest absolute Gasteiger partial charge is 0.492 e. The van der Waals surface area contributed by atoms with Gasteiger partial charge in [0.1, 0.15) is 18.0 Å². The molecule has 1 N–H and O–H groups in total. The Morgan fingerprint density at radius 3 is 2.07 bits per heavy atom. The molecule has 0 aromatic heterocycles. The van der Waals surface area contributed by atoms with Gasteiger partial charge in [-0.05, 0) is 75.9 Å². The molecular weight excluding hydrogens is 391 g/mol. The van der Waals surface area contributed by atoms with E-state index in [4.69, 9.17) is 4.74 Å². The maximum absolute atomic E-state index is 14.1. The smallest absolute Gasteiger partial charge is 0.194 e. The molecule has 0 aliphatic rings. The molecule has 0 radical (unpaired) electrons. The van der Waals surface area contributed by atoms with Crippen molar-refractivity contribution < 1.29 is 23.0 Å². The quantitative estimate of drug-likeness (QED) is 0.537. The molecule has 2 aromatic rings. The summed E-state index contributed by atoms with van der Waals surface area (Å²) >= 11 is 0. The molecule has 0 heterocycles. The second-order valence-corrected chi connectivity index (χ2v) is 8.17. The summed E-state index contributed by atoms with van der Waals surface area (Å²) in [6.45, 7) is 12.9. The van der Waals surface area contributed by atoms with Gasteiger partial charge in [-0.1, -0.05) is 19.1 Å². The third-order valence-corrected chi connectivity index (χ3v) is 5.64. The first-order valence-corrected chi connectivity index (χ1v) is 10.4. The maximum atomic E-state index is 14.1. The van der Waals surface area contributed by atoms with Crippen LogP contribution in [0.25, 0.3) is 0 Å². The van der Waals surface area contributed by atoms with Gasteiger partial charge >= 0.3 is 0 Å². The molecule has 3 nitrogen and oxygen atoms in total. The molecule has 1 unspecified atom stereocenters. The normalized spacial score (nSPS) is 13.9. The zero-order valence-electron chi connectivity index (χ0n) is 18.6. The molecule has 2 rings (SSSR count). The van der Waals surface area contributed by atoms with E-state index in [0.717, 1.165) is 12.6 Å². The molecule has 0 spiro atoms. The Kier molecular flexibility index (Phi) is 7.94. The van der Waals surface area contributed by atoms with Gasteiger partial charge in [0.2, 0.25) is 0 Å². The molecule has 0 aliphatic heterocycles. The number of rotatable bonds is 9. The Labute approximate surface area is 177 Å². The second-order valence-electron chi connectivity index (χ2n) is 8.17. The van der Waals surface area contributed by atoms with Crippen molar-refractivity contribution in [2.45, 2.75) is 65.6 Å². The third-order valence-electron chi connectivity index (χ3n) is 5.64. The van der Waals surface area contributed by atoms with Crippen LogP contribution >= 0.6 is 0 Å². The summed E-state index contributed by atoms with van der Waals surface area (Å²) in [6, 6.07) is 8.46. The Morgan fingerprint density at radius 1 is 1.00 bits per heavy atom. The van der Waals surface area contributed by atoms with Crippen molar-refractivity contribution in [1.82, 2.24) is 4.90 Å². The lowest BCUT2D eigenvalue weighted by Crippen LogP contribution is -2.39. The summed E-state index contributed by atoms with van der Waals surface area (Å²) in [4.78, 5) is 2.32. The molecule has 166 valence electrons. The lowest BCUT2D eigenvalue weighted by atomic mass is 9.81. The summed E-state index contributed by atoms with van der Waals surface area (Å²) in [5, 5.41) is 11.2. The fourth-order valence-electron chi connectivity index (χ4n) is 3.87. The van der Waals surface area contributed by atoms with Gasteiger partial charge < -0.3 is 9.84 Å². The number of benzene rings is 2. The summed E-state index contributed by atoms with van der Waals surface area (Å²) in [7, 11) is 0. The van der Waals surface area contributed by atoms with Gasteiger partial charge in [0.15, 0.2) is 17.5 Å². The van der Waals surface area contributed by atoms with E-state index < -0.39 is 23.1 Å². The van der Waals surface area contributed by atoms with E-state index in [9.17, 15) is 18.3 Å². The maximum Gasteiger partial charge on any atom is 0.194 e. The molecule has 0 saturated heterocycles. The van der Waals surface area contributed by atoms with Crippen LogP contribution in [0.3, 0.4) is 0 Å². The van der Waals surface area contributed by atoms with Crippen molar-refractivity contribution in [3.8, 4) is 5.75 Å². The highest BCUT2D eigenvalue weighted by Crippen LogP contribution is 2.37. The Morgan fingerprint density at radius 2 is 1.57 bits per heavy atom. The summed E-state index contributed by atoms with van der Waals surface area (Å²) in [5.41, 5.74) is -1.29. The van der Waals surface area contributed by atoms with Crippen molar-refractivity contribution in [3.63, 3.8) is 0 Å². The van der Waals surface area contributed by atoms with Crippen LogP contribution in [0.4, 0.5) is 13.2 Å². The van der Waals surface area contributed by atoms with Gasteiger partial charge in [-0.3, -0.25) is 4.90 Å². The average Bonchev–Trinajstić information content (AvgIpc) is 2.71. The highest BCUT2D eigenvalue weighted by atomic mass is 19.2. The molecule has 1 atom stereocenters. The van der Waals surface area contributed by atoms with Crippen LogP contribution in [0.15, 0.2) is 30.3 Å². The van der Waals surface area contributed by atoms with Gasteiger partial charge in [0.25, 0.3) is 0 Å². The molecule has 0 bridgehead atoms. The van der Waals surface area contributed by atoms with E-state index in [1.807, 2.05) is 0 Å². The molecular formula is C24H32F3NO2. The fourth-order valence-corrected chi connectivity index (χ4v) is 3.87. The summed E-state index contributed by atoms with van der Waals surface area (Å²) in [5.74, 6) is -3.50. The topological polar surface area (TPSA) is 32.7 Å². The van der Waals surface area contributed by atoms with Crippen molar-refractivity contribution in [1.29, 1.82) is 0 Å². The first-order chi connectivity index (χ1) is 14.0. The van der Waals surface area contributed by atoms with Crippen LogP contribution in [0.1, 0.15) is 57.7 Å².